The van der Waals surface area contributed by atoms with Crippen LogP contribution in [0, 0.1) is 13.8 Å². The zero-order chi connectivity index (χ0) is 25.1. The molecule has 0 spiro atoms. The summed E-state index contributed by atoms with van der Waals surface area (Å²) < 4.78 is 0. The number of aryl methyl sites for hydroxylation is 2. The second-order valence-corrected chi connectivity index (χ2v) is 9.77. The first-order valence-electron chi connectivity index (χ1n) is 11.5. The fourth-order valence-electron chi connectivity index (χ4n) is 4.06. The molecule has 1 unspecified atom stereocenters. The predicted molar refractivity (Wildman–Crippen MR) is 148 cm³/mol. The van der Waals surface area contributed by atoms with E-state index in [1.54, 1.807) is 12.1 Å². The van der Waals surface area contributed by atoms with Crippen LogP contribution in [0.1, 0.15) is 28.4 Å². The lowest BCUT2D eigenvalue weighted by molar-refractivity contribution is 0.178. The van der Waals surface area contributed by atoms with Crippen molar-refractivity contribution in [2.24, 2.45) is 0 Å². The van der Waals surface area contributed by atoms with Gasteiger partial charge in [0, 0.05) is 16.5 Å². The smallest absolute Gasteiger partial charge is 0.359 e. The summed E-state index contributed by atoms with van der Waals surface area (Å²) in [6, 6.07) is 25.9. The first-order valence-corrected chi connectivity index (χ1v) is 12.2. The van der Waals surface area contributed by atoms with Gasteiger partial charge < -0.3 is 15.2 Å². The van der Waals surface area contributed by atoms with E-state index in [9.17, 15) is 15.2 Å². The molecule has 176 valence electrons. The molecule has 0 heterocycles. The molecule has 0 aliphatic heterocycles. The number of hydrogen-bond donors (Lipinski definition) is 3. The lowest BCUT2D eigenvalue weighted by Gasteiger charge is -2.15. The van der Waals surface area contributed by atoms with Crippen molar-refractivity contribution in [3.8, 4) is 0 Å². The third kappa shape index (κ3) is 6.00. The molecule has 3 nitrogen and oxygen atoms in total. The SMILES string of the molecule is Cc1ccc(B(O)c2ccc(CC(O)c3cccc(B(O)c4ccc(C)c(Cl)c4)c3)cc2)cc1Cl. The molecule has 0 amide bonds. The average molecular weight is 503 g/mol. The van der Waals surface area contributed by atoms with Gasteiger partial charge in [-0.15, -0.1) is 0 Å². The van der Waals surface area contributed by atoms with Crippen LogP contribution in [-0.4, -0.2) is 29.0 Å². The number of benzene rings is 4. The largest absolute Gasteiger partial charge is 0.443 e. The van der Waals surface area contributed by atoms with Crippen molar-refractivity contribution < 1.29 is 15.2 Å². The van der Waals surface area contributed by atoms with Crippen molar-refractivity contribution >= 4 is 58.9 Å². The first-order chi connectivity index (χ1) is 16.7. The molecule has 0 aliphatic rings. The number of rotatable bonds is 7. The van der Waals surface area contributed by atoms with Crippen molar-refractivity contribution in [1.29, 1.82) is 0 Å². The van der Waals surface area contributed by atoms with Crippen LogP contribution in [0.3, 0.4) is 0 Å². The standard InChI is InChI=1S/C28H26B2Cl2O3/c1-18-6-10-24(16-26(18)31)29(34)22-12-8-20(9-13-22)14-28(33)21-4-3-5-23(15-21)30(35)25-11-7-19(2)27(32)17-25/h3-13,15-17,28,33-35H,14H2,1-2H3. The van der Waals surface area contributed by atoms with Crippen LogP contribution in [0.15, 0.2) is 84.9 Å². The topological polar surface area (TPSA) is 60.7 Å². The van der Waals surface area contributed by atoms with Crippen molar-refractivity contribution in [3.63, 3.8) is 0 Å². The fraction of sp³-hybridized carbons (Fsp3) is 0.143. The molecule has 4 aromatic rings. The maximum Gasteiger partial charge on any atom is 0.359 e. The van der Waals surface area contributed by atoms with Crippen LogP contribution in [0.5, 0.6) is 0 Å². The van der Waals surface area contributed by atoms with E-state index in [1.807, 2.05) is 86.6 Å². The van der Waals surface area contributed by atoms with Crippen LogP contribution >= 0.6 is 23.2 Å². The molecule has 4 aromatic carbocycles. The van der Waals surface area contributed by atoms with Gasteiger partial charge in [0.1, 0.15) is 0 Å². The molecule has 0 aromatic heterocycles. The summed E-state index contributed by atoms with van der Waals surface area (Å²) in [6.45, 7) is 2.23. The zero-order valence-electron chi connectivity index (χ0n) is 19.6. The Labute approximate surface area is 217 Å². The molecular weight excluding hydrogens is 477 g/mol. The van der Waals surface area contributed by atoms with Gasteiger partial charge in [0.15, 0.2) is 0 Å². The summed E-state index contributed by atoms with van der Waals surface area (Å²) in [5.74, 6) is 0. The van der Waals surface area contributed by atoms with Gasteiger partial charge >= 0.3 is 13.8 Å². The Kier molecular flexibility index (Phi) is 8.05. The Morgan fingerprint density at radius 3 is 1.69 bits per heavy atom. The van der Waals surface area contributed by atoms with Gasteiger partial charge in [-0.05, 0) is 70.1 Å². The van der Waals surface area contributed by atoms with Crippen LogP contribution in [0.25, 0.3) is 0 Å². The van der Waals surface area contributed by atoms with Gasteiger partial charge in [0.25, 0.3) is 0 Å². The first kappa shape index (κ1) is 25.6. The van der Waals surface area contributed by atoms with Gasteiger partial charge in [-0.3, -0.25) is 0 Å². The summed E-state index contributed by atoms with van der Waals surface area (Å²) in [5.41, 5.74) is 6.46. The van der Waals surface area contributed by atoms with E-state index < -0.39 is 19.9 Å². The van der Waals surface area contributed by atoms with Crippen molar-refractivity contribution in [2.45, 2.75) is 26.4 Å². The molecule has 1 atom stereocenters. The molecule has 3 N–H and O–H groups in total. The van der Waals surface area contributed by atoms with Crippen molar-refractivity contribution in [1.82, 2.24) is 0 Å². The summed E-state index contributed by atoms with van der Waals surface area (Å²) >= 11 is 12.4. The molecular formula is C28H26B2Cl2O3. The number of hydrogen-bond acceptors (Lipinski definition) is 3. The summed E-state index contributed by atoms with van der Waals surface area (Å²) in [5, 5.41) is 33.7. The van der Waals surface area contributed by atoms with Gasteiger partial charge in [-0.1, -0.05) is 96.0 Å². The van der Waals surface area contributed by atoms with E-state index in [0.29, 0.717) is 27.4 Å². The molecule has 7 heteroatoms. The van der Waals surface area contributed by atoms with Gasteiger partial charge in [0.05, 0.1) is 6.10 Å². The summed E-state index contributed by atoms with van der Waals surface area (Å²) in [4.78, 5) is 0. The van der Waals surface area contributed by atoms with Crippen molar-refractivity contribution in [3.05, 3.63) is 117 Å². The van der Waals surface area contributed by atoms with Gasteiger partial charge in [0.2, 0.25) is 0 Å². The quantitative estimate of drug-likeness (QED) is 0.340. The average Bonchev–Trinajstić information content (AvgIpc) is 2.87. The van der Waals surface area contributed by atoms with Crippen LogP contribution in [0.2, 0.25) is 10.0 Å². The minimum absolute atomic E-state index is 0.405. The number of aliphatic hydroxyl groups is 1. The third-order valence-corrected chi connectivity index (χ3v) is 7.17. The Morgan fingerprint density at radius 2 is 1.14 bits per heavy atom. The Bertz CT molecular complexity index is 1330. The second kappa shape index (κ2) is 11.0. The highest BCUT2D eigenvalue weighted by Gasteiger charge is 2.21. The van der Waals surface area contributed by atoms with E-state index in [2.05, 4.69) is 0 Å². The number of aliphatic hydroxyl groups excluding tert-OH is 1. The lowest BCUT2D eigenvalue weighted by Crippen LogP contribution is -2.42. The Balaban J connectivity index is 1.46. The predicted octanol–water partition coefficient (Wildman–Crippen LogP) is 3.08. The highest BCUT2D eigenvalue weighted by Crippen LogP contribution is 2.18. The number of halogens is 2. The van der Waals surface area contributed by atoms with E-state index in [0.717, 1.165) is 33.2 Å². The van der Waals surface area contributed by atoms with E-state index in [-0.39, 0.29) is 0 Å². The van der Waals surface area contributed by atoms with Gasteiger partial charge in [-0.2, -0.15) is 0 Å². The minimum Gasteiger partial charge on any atom is -0.443 e. The maximum absolute atomic E-state index is 10.9. The normalized spacial score (nSPS) is 11.9. The fourth-order valence-corrected chi connectivity index (χ4v) is 4.43. The second-order valence-electron chi connectivity index (χ2n) is 8.95. The monoisotopic (exact) mass is 502 g/mol. The molecule has 0 fully saturated rings. The van der Waals surface area contributed by atoms with E-state index >= 15 is 0 Å². The highest BCUT2D eigenvalue weighted by atomic mass is 35.5. The van der Waals surface area contributed by atoms with Gasteiger partial charge in [-0.25, -0.2) is 0 Å². The molecule has 4 rings (SSSR count). The summed E-state index contributed by atoms with van der Waals surface area (Å²) in [6.07, 6.45) is -0.335. The molecule has 0 saturated heterocycles. The molecule has 0 saturated carbocycles. The highest BCUT2D eigenvalue weighted by molar-refractivity contribution is 6.79. The van der Waals surface area contributed by atoms with Crippen molar-refractivity contribution in [2.75, 3.05) is 0 Å². The Hall–Kier alpha value is -2.53. The molecule has 0 aliphatic carbocycles. The van der Waals surface area contributed by atoms with Crippen LogP contribution in [0.4, 0.5) is 0 Å². The zero-order valence-corrected chi connectivity index (χ0v) is 21.1. The Morgan fingerprint density at radius 1 is 0.657 bits per heavy atom. The van der Waals surface area contributed by atoms with E-state index in [4.69, 9.17) is 23.2 Å². The molecule has 0 bridgehead atoms. The maximum atomic E-state index is 10.9. The summed E-state index contributed by atoms with van der Waals surface area (Å²) in [7, 11) is 0. The lowest BCUT2D eigenvalue weighted by atomic mass is 9.55. The van der Waals surface area contributed by atoms with Crippen LogP contribution < -0.4 is 21.9 Å². The van der Waals surface area contributed by atoms with Crippen LogP contribution in [-0.2, 0) is 6.42 Å². The molecule has 0 radical (unpaired) electrons. The van der Waals surface area contributed by atoms with E-state index in [1.165, 1.54) is 0 Å². The third-order valence-electron chi connectivity index (χ3n) is 6.36. The minimum atomic E-state index is -0.837. The molecule has 35 heavy (non-hydrogen) atoms.